The number of hydrogen-bond acceptors (Lipinski definition) is 3. The Morgan fingerprint density at radius 3 is 2.14 bits per heavy atom. The second-order valence-corrected chi connectivity index (χ2v) is 3.24. The van der Waals surface area contributed by atoms with Gasteiger partial charge in [-0.15, -0.1) is 0 Å². The van der Waals surface area contributed by atoms with Crippen LogP contribution in [-0.2, 0) is 9.59 Å². The maximum Gasteiger partial charge on any atom is 0.305 e. The third-order valence-corrected chi connectivity index (χ3v) is 1.84. The van der Waals surface area contributed by atoms with Crippen molar-refractivity contribution in [3.05, 3.63) is 0 Å². The number of carboxylic acid groups (broad SMARTS) is 2. The number of rotatable bonds is 8. The van der Waals surface area contributed by atoms with Gasteiger partial charge in [-0.3, -0.25) is 9.59 Å². The molecule has 14 heavy (non-hydrogen) atoms. The van der Waals surface area contributed by atoms with E-state index in [0.29, 0.717) is 25.7 Å². The van der Waals surface area contributed by atoms with Crippen LogP contribution in [0.2, 0.25) is 0 Å². The Balaban J connectivity index is 3.27. The average Bonchev–Trinajstić information content (AvgIpc) is 2.01. The summed E-state index contributed by atoms with van der Waals surface area (Å²) >= 11 is 0. The summed E-state index contributed by atoms with van der Waals surface area (Å²) in [5, 5.41) is 25.8. The monoisotopic (exact) mass is 204 g/mol. The van der Waals surface area contributed by atoms with Crippen molar-refractivity contribution in [2.75, 3.05) is 0 Å². The lowest BCUT2D eigenvalue weighted by molar-refractivity contribution is -0.139. The molecule has 0 aromatic rings. The van der Waals surface area contributed by atoms with Crippen molar-refractivity contribution >= 4 is 11.9 Å². The molecule has 82 valence electrons. The molecule has 0 saturated heterocycles. The minimum Gasteiger partial charge on any atom is -0.481 e. The van der Waals surface area contributed by atoms with Crippen molar-refractivity contribution in [3.8, 4) is 0 Å². The van der Waals surface area contributed by atoms with Gasteiger partial charge in [0.2, 0.25) is 0 Å². The van der Waals surface area contributed by atoms with Crippen LogP contribution in [0.5, 0.6) is 0 Å². The van der Waals surface area contributed by atoms with Gasteiger partial charge >= 0.3 is 11.9 Å². The molecular formula is C9H16O5. The zero-order chi connectivity index (χ0) is 11.0. The summed E-state index contributed by atoms with van der Waals surface area (Å²) in [6, 6.07) is 0. The minimum atomic E-state index is -1.01. The lowest BCUT2D eigenvalue weighted by atomic mass is 10.1. The molecule has 0 aliphatic rings. The van der Waals surface area contributed by atoms with Crippen molar-refractivity contribution < 1.29 is 24.9 Å². The van der Waals surface area contributed by atoms with Crippen molar-refractivity contribution in [1.82, 2.24) is 0 Å². The van der Waals surface area contributed by atoms with E-state index in [4.69, 9.17) is 15.3 Å². The topological polar surface area (TPSA) is 94.8 Å². The maximum atomic E-state index is 10.2. The molecule has 5 heteroatoms. The largest absolute Gasteiger partial charge is 0.481 e. The lowest BCUT2D eigenvalue weighted by Crippen LogP contribution is -2.12. The number of aliphatic carboxylic acids is 2. The van der Waals surface area contributed by atoms with Gasteiger partial charge < -0.3 is 15.3 Å². The smallest absolute Gasteiger partial charge is 0.305 e. The third-order valence-electron chi connectivity index (χ3n) is 1.84. The van der Waals surface area contributed by atoms with E-state index in [1.165, 1.54) is 0 Å². The number of carbonyl (C=O) groups is 2. The van der Waals surface area contributed by atoms with Crippen LogP contribution in [0.25, 0.3) is 0 Å². The fraction of sp³-hybridized carbons (Fsp3) is 0.778. The minimum absolute atomic E-state index is 0.134. The summed E-state index contributed by atoms with van der Waals surface area (Å²) in [6.07, 6.45) is 1.47. The van der Waals surface area contributed by atoms with Gasteiger partial charge in [-0.25, -0.2) is 0 Å². The van der Waals surface area contributed by atoms with Gasteiger partial charge in [0.25, 0.3) is 0 Å². The first kappa shape index (κ1) is 12.9. The molecule has 0 aliphatic carbocycles. The highest BCUT2D eigenvalue weighted by atomic mass is 16.4. The number of carboxylic acids is 2. The fourth-order valence-electron chi connectivity index (χ4n) is 1.14. The Morgan fingerprint density at radius 2 is 1.64 bits per heavy atom. The molecule has 5 nitrogen and oxygen atoms in total. The Kier molecular flexibility index (Phi) is 6.74. The van der Waals surface area contributed by atoms with Crippen LogP contribution in [0.1, 0.15) is 38.5 Å². The molecule has 3 N–H and O–H groups in total. The maximum absolute atomic E-state index is 10.2. The molecule has 1 atom stereocenters. The van der Waals surface area contributed by atoms with E-state index in [0.717, 1.165) is 0 Å². The summed E-state index contributed by atoms with van der Waals surface area (Å²) in [7, 11) is 0. The highest BCUT2D eigenvalue weighted by Gasteiger charge is 2.08. The van der Waals surface area contributed by atoms with Crippen LogP contribution >= 0.6 is 0 Å². The molecule has 0 radical (unpaired) electrons. The van der Waals surface area contributed by atoms with E-state index in [9.17, 15) is 9.59 Å². The Morgan fingerprint density at radius 1 is 1.00 bits per heavy atom. The summed E-state index contributed by atoms with van der Waals surface area (Å²) in [5.41, 5.74) is 0. The molecule has 0 aromatic carbocycles. The van der Waals surface area contributed by atoms with E-state index < -0.39 is 18.0 Å². The average molecular weight is 204 g/mol. The number of aliphatic hydroxyl groups is 1. The molecule has 0 aromatic heterocycles. The van der Waals surface area contributed by atoms with Gasteiger partial charge in [-0.05, 0) is 12.8 Å². The fourth-order valence-corrected chi connectivity index (χ4v) is 1.14. The predicted octanol–water partition coefficient (Wildman–Crippen LogP) is 0.857. The van der Waals surface area contributed by atoms with E-state index in [1.54, 1.807) is 0 Å². The molecule has 0 amide bonds. The van der Waals surface area contributed by atoms with E-state index in [1.807, 2.05) is 0 Å². The molecule has 0 fully saturated rings. The quantitative estimate of drug-likeness (QED) is 0.509. The van der Waals surface area contributed by atoms with Gasteiger partial charge in [0.05, 0.1) is 12.5 Å². The first-order chi connectivity index (χ1) is 6.52. The standard InChI is InChI=1S/C9H16O5/c10-7(6-9(13)14)4-2-1-3-5-8(11)12/h7,10H,1-6H2,(H,11,12)(H,13,14). The van der Waals surface area contributed by atoms with Crippen LogP contribution in [0.15, 0.2) is 0 Å². The van der Waals surface area contributed by atoms with Crippen molar-refractivity contribution in [2.45, 2.75) is 44.6 Å². The van der Waals surface area contributed by atoms with Gasteiger partial charge in [-0.2, -0.15) is 0 Å². The third kappa shape index (κ3) is 8.99. The summed E-state index contributed by atoms with van der Waals surface area (Å²) in [5.74, 6) is -1.83. The Labute approximate surface area is 82.4 Å². The summed E-state index contributed by atoms with van der Waals surface area (Å²) < 4.78 is 0. The SMILES string of the molecule is O=C(O)CCCCCC(O)CC(=O)O. The molecule has 0 spiro atoms. The van der Waals surface area contributed by atoms with Crippen LogP contribution in [0.3, 0.4) is 0 Å². The second-order valence-electron chi connectivity index (χ2n) is 3.24. The predicted molar refractivity (Wildman–Crippen MR) is 49.0 cm³/mol. The highest BCUT2D eigenvalue weighted by molar-refractivity contribution is 5.67. The number of unbranched alkanes of at least 4 members (excludes halogenated alkanes) is 2. The summed E-state index contributed by atoms with van der Waals surface area (Å²) in [6.45, 7) is 0. The number of hydrogen-bond donors (Lipinski definition) is 3. The molecule has 0 saturated carbocycles. The molecule has 0 bridgehead atoms. The highest BCUT2D eigenvalue weighted by Crippen LogP contribution is 2.07. The van der Waals surface area contributed by atoms with Crippen molar-refractivity contribution in [3.63, 3.8) is 0 Å². The second kappa shape index (κ2) is 7.32. The molecule has 1 unspecified atom stereocenters. The molecule has 0 aliphatic heterocycles. The molecule has 0 heterocycles. The first-order valence-corrected chi connectivity index (χ1v) is 4.64. The van der Waals surface area contributed by atoms with Gasteiger partial charge in [0.15, 0.2) is 0 Å². The van der Waals surface area contributed by atoms with Crippen LogP contribution in [0, 0.1) is 0 Å². The van der Waals surface area contributed by atoms with Gasteiger partial charge in [0, 0.05) is 6.42 Å². The van der Waals surface area contributed by atoms with Gasteiger partial charge in [-0.1, -0.05) is 12.8 Å². The van der Waals surface area contributed by atoms with Crippen molar-refractivity contribution in [1.29, 1.82) is 0 Å². The molecule has 0 rings (SSSR count). The zero-order valence-corrected chi connectivity index (χ0v) is 7.98. The summed E-state index contributed by atoms with van der Waals surface area (Å²) in [4.78, 5) is 20.3. The number of aliphatic hydroxyl groups excluding tert-OH is 1. The van der Waals surface area contributed by atoms with Crippen LogP contribution < -0.4 is 0 Å². The zero-order valence-electron chi connectivity index (χ0n) is 7.98. The van der Waals surface area contributed by atoms with E-state index >= 15 is 0 Å². The van der Waals surface area contributed by atoms with Gasteiger partial charge in [0.1, 0.15) is 0 Å². The van der Waals surface area contributed by atoms with E-state index in [-0.39, 0.29) is 12.8 Å². The Hall–Kier alpha value is -1.10. The van der Waals surface area contributed by atoms with E-state index in [2.05, 4.69) is 0 Å². The molecular weight excluding hydrogens is 188 g/mol. The lowest BCUT2D eigenvalue weighted by Gasteiger charge is -2.06. The first-order valence-electron chi connectivity index (χ1n) is 4.64. The Bertz CT molecular complexity index is 190. The van der Waals surface area contributed by atoms with Crippen molar-refractivity contribution in [2.24, 2.45) is 0 Å². The van der Waals surface area contributed by atoms with Crippen LogP contribution in [-0.4, -0.2) is 33.4 Å². The normalized spacial score (nSPS) is 12.4. The van der Waals surface area contributed by atoms with Crippen LogP contribution in [0.4, 0.5) is 0 Å².